The molecule has 0 fully saturated rings. The molecule has 0 aliphatic rings. The van der Waals surface area contributed by atoms with Gasteiger partial charge >= 0.3 is 0 Å². The molecular weight excluding hydrogens is 260 g/mol. The number of para-hydroxylation sites is 1. The van der Waals surface area contributed by atoms with Gasteiger partial charge in [-0.1, -0.05) is 38.1 Å². The van der Waals surface area contributed by atoms with Crippen LogP contribution in [0.3, 0.4) is 0 Å². The van der Waals surface area contributed by atoms with Crippen LogP contribution in [0.15, 0.2) is 41.3 Å². The molecule has 0 aliphatic carbocycles. The molecule has 0 saturated carbocycles. The zero-order valence-electron chi connectivity index (χ0n) is 13.4. The van der Waals surface area contributed by atoms with Crippen molar-refractivity contribution in [3.05, 3.63) is 48.2 Å². The summed E-state index contributed by atoms with van der Waals surface area (Å²) in [6.07, 6.45) is 1.92. The molecule has 0 atom stereocenters. The van der Waals surface area contributed by atoms with Gasteiger partial charge in [0.15, 0.2) is 0 Å². The second-order valence-electron chi connectivity index (χ2n) is 6.01. The van der Waals surface area contributed by atoms with Crippen molar-refractivity contribution in [2.24, 2.45) is 5.92 Å². The highest BCUT2D eigenvalue weighted by atomic mass is 16.3. The maximum atomic E-state index is 6.06. The number of benzene rings is 1. The quantitative estimate of drug-likeness (QED) is 0.748. The van der Waals surface area contributed by atoms with Crippen LogP contribution in [-0.4, -0.2) is 25.0 Å². The monoisotopic (exact) mass is 286 g/mol. The van der Waals surface area contributed by atoms with Crippen LogP contribution in [0.5, 0.6) is 0 Å². The minimum absolute atomic E-state index is 0.648. The number of nitrogens with one attached hydrogen (secondary N) is 1. The normalized spacial score (nSPS) is 11.7. The standard InChI is InChI=1S/C18H26N2O/c1-5-10-20(4)13-18-16(12-19-11-14(2)3)15-8-6-7-9-17(15)21-18/h5-9,14,19H,1,10-13H2,2-4H3. The minimum Gasteiger partial charge on any atom is -0.459 e. The summed E-state index contributed by atoms with van der Waals surface area (Å²) in [5, 5.41) is 4.74. The fourth-order valence-electron chi connectivity index (χ4n) is 2.49. The molecule has 1 heterocycles. The van der Waals surface area contributed by atoms with Crippen molar-refractivity contribution >= 4 is 11.0 Å². The van der Waals surface area contributed by atoms with Crippen LogP contribution in [0.2, 0.25) is 0 Å². The van der Waals surface area contributed by atoms with Crippen molar-refractivity contribution in [3.8, 4) is 0 Å². The molecule has 2 rings (SSSR count). The van der Waals surface area contributed by atoms with E-state index in [-0.39, 0.29) is 0 Å². The van der Waals surface area contributed by atoms with E-state index in [9.17, 15) is 0 Å². The summed E-state index contributed by atoms with van der Waals surface area (Å²) in [6, 6.07) is 8.27. The lowest BCUT2D eigenvalue weighted by Gasteiger charge is -2.14. The molecule has 1 N–H and O–H groups in total. The molecule has 21 heavy (non-hydrogen) atoms. The lowest BCUT2D eigenvalue weighted by Crippen LogP contribution is -2.21. The summed E-state index contributed by atoms with van der Waals surface area (Å²) < 4.78 is 6.06. The molecule has 0 amide bonds. The Morgan fingerprint density at radius 2 is 2.10 bits per heavy atom. The van der Waals surface area contributed by atoms with Crippen molar-refractivity contribution in [1.29, 1.82) is 0 Å². The first-order chi connectivity index (χ1) is 10.1. The Kier molecular flexibility index (Phi) is 5.59. The molecule has 0 aliphatic heterocycles. The van der Waals surface area contributed by atoms with Crippen molar-refractivity contribution in [2.45, 2.75) is 26.9 Å². The Morgan fingerprint density at radius 3 is 2.81 bits per heavy atom. The van der Waals surface area contributed by atoms with Gasteiger partial charge in [-0.25, -0.2) is 0 Å². The Labute approximate surface area is 127 Å². The summed E-state index contributed by atoms with van der Waals surface area (Å²) >= 11 is 0. The fraction of sp³-hybridized carbons (Fsp3) is 0.444. The lowest BCUT2D eigenvalue weighted by atomic mass is 10.1. The maximum Gasteiger partial charge on any atom is 0.134 e. The van der Waals surface area contributed by atoms with E-state index in [4.69, 9.17) is 4.42 Å². The Balaban J connectivity index is 2.22. The zero-order valence-corrected chi connectivity index (χ0v) is 13.4. The van der Waals surface area contributed by atoms with Crippen LogP contribution in [0.1, 0.15) is 25.2 Å². The van der Waals surface area contributed by atoms with Crippen molar-refractivity contribution in [1.82, 2.24) is 10.2 Å². The second-order valence-corrected chi connectivity index (χ2v) is 6.01. The van der Waals surface area contributed by atoms with Gasteiger partial charge in [0, 0.05) is 24.0 Å². The van der Waals surface area contributed by atoms with Gasteiger partial charge in [-0.05, 0) is 25.6 Å². The van der Waals surface area contributed by atoms with E-state index in [1.54, 1.807) is 0 Å². The predicted molar refractivity (Wildman–Crippen MR) is 89.3 cm³/mol. The first-order valence-electron chi connectivity index (χ1n) is 7.61. The highest BCUT2D eigenvalue weighted by molar-refractivity contribution is 5.82. The number of hydrogen-bond donors (Lipinski definition) is 1. The van der Waals surface area contributed by atoms with E-state index >= 15 is 0 Å². The fourth-order valence-corrected chi connectivity index (χ4v) is 2.49. The van der Waals surface area contributed by atoms with Gasteiger partial charge in [-0.2, -0.15) is 0 Å². The van der Waals surface area contributed by atoms with Crippen LogP contribution in [0.4, 0.5) is 0 Å². The van der Waals surface area contributed by atoms with Crippen molar-refractivity contribution in [3.63, 3.8) is 0 Å². The highest BCUT2D eigenvalue weighted by Crippen LogP contribution is 2.26. The maximum absolute atomic E-state index is 6.06. The van der Waals surface area contributed by atoms with Crippen LogP contribution < -0.4 is 5.32 Å². The Bertz CT molecular complexity index is 586. The molecule has 1 aromatic heterocycles. The van der Waals surface area contributed by atoms with E-state index in [1.807, 2.05) is 18.2 Å². The number of furan rings is 1. The Morgan fingerprint density at radius 1 is 1.33 bits per heavy atom. The third kappa shape index (κ3) is 4.19. The van der Waals surface area contributed by atoms with E-state index in [1.165, 1.54) is 10.9 Å². The van der Waals surface area contributed by atoms with E-state index in [2.05, 4.69) is 49.8 Å². The molecular formula is C18H26N2O. The smallest absolute Gasteiger partial charge is 0.134 e. The molecule has 0 spiro atoms. The molecule has 0 radical (unpaired) electrons. The highest BCUT2D eigenvalue weighted by Gasteiger charge is 2.14. The number of rotatable bonds is 8. The van der Waals surface area contributed by atoms with E-state index < -0.39 is 0 Å². The summed E-state index contributed by atoms with van der Waals surface area (Å²) in [5.41, 5.74) is 2.25. The van der Waals surface area contributed by atoms with Gasteiger partial charge in [0.25, 0.3) is 0 Å². The lowest BCUT2D eigenvalue weighted by molar-refractivity contribution is 0.325. The SMILES string of the molecule is C=CCN(C)Cc1oc2ccccc2c1CNCC(C)C. The van der Waals surface area contributed by atoms with Gasteiger partial charge in [-0.15, -0.1) is 6.58 Å². The Hall–Kier alpha value is -1.58. The summed E-state index contributed by atoms with van der Waals surface area (Å²) in [6.45, 7) is 11.8. The first kappa shape index (κ1) is 15.8. The average Bonchev–Trinajstić information content (AvgIpc) is 2.76. The van der Waals surface area contributed by atoms with E-state index in [0.29, 0.717) is 5.92 Å². The van der Waals surface area contributed by atoms with Crippen LogP contribution in [0, 0.1) is 5.92 Å². The van der Waals surface area contributed by atoms with Gasteiger partial charge in [0.1, 0.15) is 11.3 Å². The van der Waals surface area contributed by atoms with Crippen LogP contribution >= 0.6 is 0 Å². The van der Waals surface area contributed by atoms with E-state index in [0.717, 1.165) is 37.5 Å². The molecule has 0 unspecified atom stereocenters. The van der Waals surface area contributed by atoms with Gasteiger partial charge in [-0.3, -0.25) is 4.90 Å². The molecule has 3 nitrogen and oxygen atoms in total. The van der Waals surface area contributed by atoms with Gasteiger partial charge in [0.05, 0.1) is 6.54 Å². The number of likely N-dealkylation sites (N-methyl/N-ethyl adjacent to an activating group) is 1. The molecule has 2 aromatic rings. The molecule has 0 saturated heterocycles. The number of nitrogens with zero attached hydrogens (tertiary/aromatic N) is 1. The minimum atomic E-state index is 0.648. The second kappa shape index (κ2) is 7.43. The molecule has 0 bridgehead atoms. The first-order valence-corrected chi connectivity index (χ1v) is 7.61. The third-order valence-electron chi connectivity index (χ3n) is 3.49. The number of fused-ring (bicyclic) bond motifs is 1. The predicted octanol–water partition coefficient (Wildman–Crippen LogP) is 3.80. The van der Waals surface area contributed by atoms with Crippen molar-refractivity contribution < 1.29 is 4.42 Å². The summed E-state index contributed by atoms with van der Waals surface area (Å²) in [5.74, 6) is 1.70. The van der Waals surface area contributed by atoms with Crippen molar-refractivity contribution in [2.75, 3.05) is 20.1 Å². The van der Waals surface area contributed by atoms with Gasteiger partial charge in [0.2, 0.25) is 0 Å². The summed E-state index contributed by atoms with van der Waals surface area (Å²) in [7, 11) is 2.08. The van der Waals surface area contributed by atoms with Crippen LogP contribution in [0.25, 0.3) is 11.0 Å². The van der Waals surface area contributed by atoms with Gasteiger partial charge < -0.3 is 9.73 Å². The largest absolute Gasteiger partial charge is 0.459 e. The summed E-state index contributed by atoms with van der Waals surface area (Å²) in [4.78, 5) is 2.21. The topological polar surface area (TPSA) is 28.4 Å². The number of hydrogen-bond acceptors (Lipinski definition) is 3. The van der Waals surface area contributed by atoms with Crippen LogP contribution in [-0.2, 0) is 13.1 Å². The molecule has 114 valence electrons. The average molecular weight is 286 g/mol. The molecule has 1 aromatic carbocycles. The molecule has 3 heteroatoms. The zero-order chi connectivity index (χ0) is 15.2. The third-order valence-corrected chi connectivity index (χ3v) is 3.49.